The number of rotatable bonds is 5. The van der Waals surface area contributed by atoms with E-state index in [-0.39, 0.29) is 12.0 Å². The van der Waals surface area contributed by atoms with Gasteiger partial charge in [-0.1, -0.05) is 0 Å². The van der Waals surface area contributed by atoms with Gasteiger partial charge in [-0.15, -0.1) is 0 Å². The molecule has 0 saturated carbocycles. The van der Waals surface area contributed by atoms with E-state index in [1.807, 2.05) is 18.7 Å². The Hall–Kier alpha value is -2.69. The van der Waals surface area contributed by atoms with Crippen LogP contribution in [0.5, 0.6) is 0 Å². The van der Waals surface area contributed by atoms with Crippen molar-refractivity contribution in [3.8, 4) is 12.0 Å². The molecule has 0 atom stereocenters. The molecule has 0 amide bonds. The smallest absolute Gasteiger partial charge is 0.241 e. The Morgan fingerprint density at radius 2 is 2.20 bits per heavy atom. The molecule has 0 radical (unpaired) electrons. The number of anilines is 2. The molecule has 2 rings (SSSR count). The summed E-state index contributed by atoms with van der Waals surface area (Å²) in [6, 6.07) is 2.27. The van der Waals surface area contributed by atoms with Crippen molar-refractivity contribution in [2.45, 2.75) is 26.3 Å². The van der Waals surface area contributed by atoms with Crippen LogP contribution in [0, 0.1) is 11.3 Å². The molecule has 0 aliphatic heterocycles. The van der Waals surface area contributed by atoms with Gasteiger partial charge in [-0.3, -0.25) is 4.57 Å². The molecule has 2 heterocycles. The average Bonchev–Trinajstić information content (AvgIpc) is 2.92. The topological polar surface area (TPSA) is 110 Å². The molecule has 2 aromatic heterocycles. The summed E-state index contributed by atoms with van der Waals surface area (Å²) in [5.41, 5.74) is 5.74. The van der Waals surface area contributed by atoms with Crippen LogP contribution >= 0.6 is 0 Å². The average molecular weight is 272 g/mol. The first-order valence-corrected chi connectivity index (χ1v) is 6.25. The summed E-state index contributed by atoms with van der Waals surface area (Å²) < 4.78 is 1.66. The summed E-state index contributed by atoms with van der Waals surface area (Å²) in [5, 5.41) is 8.74. The first-order valence-electron chi connectivity index (χ1n) is 6.25. The summed E-state index contributed by atoms with van der Waals surface area (Å²) in [5.74, 6) is 1.01. The van der Waals surface area contributed by atoms with E-state index in [2.05, 4.69) is 26.0 Å². The highest BCUT2D eigenvalue weighted by Crippen LogP contribution is 2.14. The van der Waals surface area contributed by atoms with Gasteiger partial charge in [0, 0.05) is 25.0 Å². The molecular weight excluding hydrogens is 256 g/mol. The van der Waals surface area contributed by atoms with Crippen molar-refractivity contribution < 1.29 is 0 Å². The van der Waals surface area contributed by atoms with Crippen LogP contribution in [0.15, 0.2) is 18.7 Å². The Morgan fingerprint density at radius 1 is 1.40 bits per heavy atom. The number of nitrogens with zero attached hydrogens (tertiary/aromatic N) is 7. The van der Waals surface area contributed by atoms with Crippen LogP contribution in [-0.2, 0) is 0 Å². The first kappa shape index (κ1) is 13.7. The van der Waals surface area contributed by atoms with Crippen molar-refractivity contribution >= 4 is 11.9 Å². The molecule has 8 heteroatoms. The predicted molar refractivity (Wildman–Crippen MR) is 74.1 cm³/mol. The Balaban J connectivity index is 2.37. The van der Waals surface area contributed by atoms with Gasteiger partial charge in [0.1, 0.15) is 6.33 Å². The van der Waals surface area contributed by atoms with Crippen molar-refractivity contribution in [3.05, 3.63) is 18.7 Å². The van der Waals surface area contributed by atoms with Crippen LogP contribution < -0.4 is 10.6 Å². The predicted octanol–water partition coefficient (Wildman–Crippen LogP) is 0.768. The van der Waals surface area contributed by atoms with E-state index in [1.54, 1.807) is 23.3 Å². The van der Waals surface area contributed by atoms with Crippen LogP contribution in [0.2, 0.25) is 0 Å². The Bertz CT molecular complexity index is 598. The SMILES string of the molecule is CC(C)N(CCC#N)c1nc(N)nc(-n2ccnc2)n1. The van der Waals surface area contributed by atoms with E-state index >= 15 is 0 Å². The van der Waals surface area contributed by atoms with Gasteiger partial charge in [0.25, 0.3) is 0 Å². The minimum Gasteiger partial charge on any atom is -0.368 e. The molecular formula is C12H16N8. The fourth-order valence-electron chi connectivity index (χ4n) is 1.75. The zero-order valence-electron chi connectivity index (χ0n) is 11.4. The molecule has 0 aromatic carbocycles. The third kappa shape index (κ3) is 3.00. The minimum absolute atomic E-state index is 0.140. The van der Waals surface area contributed by atoms with Crippen LogP contribution in [0.25, 0.3) is 5.95 Å². The molecule has 0 spiro atoms. The Labute approximate surface area is 116 Å². The number of nitrogens with two attached hydrogens (primary N) is 1. The molecule has 2 aromatic rings. The van der Waals surface area contributed by atoms with Gasteiger partial charge in [-0.2, -0.15) is 20.2 Å². The molecule has 20 heavy (non-hydrogen) atoms. The molecule has 0 aliphatic carbocycles. The lowest BCUT2D eigenvalue weighted by Crippen LogP contribution is -2.33. The van der Waals surface area contributed by atoms with Gasteiger partial charge >= 0.3 is 0 Å². The summed E-state index contributed by atoms with van der Waals surface area (Å²) in [6.07, 6.45) is 5.35. The Kier molecular flexibility index (Phi) is 4.10. The van der Waals surface area contributed by atoms with E-state index in [0.29, 0.717) is 24.9 Å². The number of nitrogen functional groups attached to an aromatic ring is 1. The zero-order chi connectivity index (χ0) is 14.5. The number of imidazole rings is 1. The summed E-state index contributed by atoms with van der Waals surface area (Å²) in [7, 11) is 0. The minimum atomic E-state index is 0.140. The van der Waals surface area contributed by atoms with E-state index in [4.69, 9.17) is 11.0 Å². The van der Waals surface area contributed by atoms with Crippen LogP contribution in [0.1, 0.15) is 20.3 Å². The molecule has 0 bridgehead atoms. The van der Waals surface area contributed by atoms with Gasteiger partial charge in [0.15, 0.2) is 0 Å². The highest BCUT2D eigenvalue weighted by atomic mass is 15.3. The van der Waals surface area contributed by atoms with E-state index in [1.165, 1.54) is 0 Å². The van der Waals surface area contributed by atoms with Gasteiger partial charge < -0.3 is 10.6 Å². The summed E-state index contributed by atoms with van der Waals surface area (Å²) in [6.45, 7) is 4.56. The van der Waals surface area contributed by atoms with Crippen LogP contribution in [-0.4, -0.2) is 37.1 Å². The Morgan fingerprint density at radius 3 is 2.80 bits per heavy atom. The molecule has 8 nitrogen and oxygen atoms in total. The highest BCUT2D eigenvalue weighted by Gasteiger charge is 2.16. The highest BCUT2D eigenvalue weighted by molar-refractivity contribution is 5.38. The second kappa shape index (κ2) is 5.97. The van der Waals surface area contributed by atoms with Gasteiger partial charge in [0.2, 0.25) is 17.8 Å². The zero-order valence-corrected chi connectivity index (χ0v) is 11.4. The largest absolute Gasteiger partial charge is 0.368 e. The van der Waals surface area contributed by atoms with Crippen LogP contribution in [0.3, 0.4) is 0 Å². The third-order valence-corrected chi connectivity index (χ3v) is 2.71. The maximum Gasteiger partial charge on any atom is 0.241 e. The number of hydrogen-bond donors (Lipinski definition) is 1. The monoisotopic (exact) mass is 272 g/mol. The number of hydrogen-bond acceptors (Lipinski definition) is 7. The van der Waals surface area contributed by atoms with Crippen molar-refractivity contribution in [1.29, 1.82) is 5.26 Å². The van der Waals surface area contributed by atoms with Crippen molar-refractivity contribution in [1.82, 2.24) is 24.5 Å². The van der Waals surface area contributed by atoms with E-state index in [0.717, 1.165) is 0 Å². The number of aromatic nitrogens is 5. The van der Waals surface area contributed by atoms with E-state index in [9.17, 15) is 0 Å². The normalized spacial score (nSPS) is 10.5. The number of nitriles is 1. The molecule has 2 N–H and O–H groups in total. The lowest BCUT2D eigenvalue weighted by molar-refractivity contribution is 0.661. The molecule has 0 unspecified atom stereocenters. The lowest BCUT2D eigenvalue weighted by Gasteiger charge is -2.25. The van der Waals surface area contributed by atoms with Gasteiger partial charge in [0.05, 0.1) is 12.5 Å². The molecule has 0 fully saturated rings. The fraction of sp³-hybridized carbons (Fsp3) is 0.417. The quantitative estimate of drug-likeness (QED) is 0.855. The van der Waals surface area contributed by atoms with E-state index < -0.39 is 0 Å². The maximum absolute atomic E-state index is 8.74. The fourth-order valence-corrected chi connectivity index (χ4v) is 1.75. The maximum atomic E-state index is 8.74. The molecule has 0 saturated heterocycles. The summed E-state index contributed by atoms with van der Waals surface area (Å²) >= 11 is 0. The molecule has 104 valence electrons. The molecule has 0 aliphatic rings. The second-order valence-electron chi connectivity index (χ2n) is 4.46. The third-order valence-electron chi connectivity index (χ3n) is 2.71. The lowest BCUT2D eigenvalue weighted by atomic mass is 10.3. The van der Waals surface area contributed by atoms with Crippen molar-refractivity contribution in [3.63, 3.8) is 0 Å². The standard InChI is InChI=1S/C12H16N8/c1-9(2)20(6-3-4-13)12-17-10(14)16-11(18-12)19-7-5-15-8-19/h5,7-9H,3,6H2,1-2H3,(H2,14,16,17,18). The van der Waals surface area contributed by atoms with Crippen molar-refractivity contribution in [2.24, 2.45) is 0 Å². The van der Waals surface area contributed by atoms with Crippen LogP contribution in [0.4, 0.5) is 11.9 Å². The van der Waals surface area contributed by atoms with Crippen molar-refractivity contribution in [2.75, 3.05) is 17.2 Å². The van der Waals surface area contributed by atoms with Gasteiger partial charge in [-0.05, 0) is 13.8 Å². The van der Waals surface area contributed by atoms with Gasteiger partial charge in [-0.25, -0.2) is 4.98 Å². The summed E-state index contributed by atoms with van der Waals surface area (Å²) in [4.78, 5) is 18.5. The first-order chi connectivity index (χ1) is 9.61. The second-order valence-corrected chi connectivity index (χ2v) is 4.46.